The number of rotatable bonds is 4. The SMILES string of the molecule is COc1ccc(Oc2ccc(C(N)=O)cn2)cc1N. The molecule has 0 spiro atoms. The van der Waals surface area contributed by atoms with Crippen molar-refractivity contribution < 1.29 is 14.3 Å². The first kappa shape index (κ1) is 12.7. The third kappa shape index (κ3) is 2.92. The van der Waals surface area contributed by atoms with Gasteiger partial charge in [0.25, 0.3) is 0 Å². The summed E-state index contributed by atoms with van der Waals surface area (Å²) in [6.07, 6.45) is 1.35. The number of carbonyl (C=O) groups excluding carboxylic acids is 1. The highest BCUT2D eigenvalue weighted by molar-refractivity contribution is 5.92. The lowest BCUT2D eigenvalue weighted by Gasteiger charge is -2.08. The van der Waals surface area contributed by atoms with E-state index < -0.39 is 5.91 Å². The van der Waals surface area contributed by atoms with Gasteiger partial charge < -0.3 is 20.9 Å². The number of nitrogen functional groups attached to an aromatic ring is 1. The van der Waals surface area contributed by atoms with Crippen LogP contribution in [0.2, 0.25) is 0 Å². The Kier molecular flexibility index (Phi) is 3.51. The van der Waals surface area contributed by atoms with Gasteiger partial charge in [-0.2, -0.15) is 0 Å². The Morgan fingerprint density at radius 2 is 2.05 bits per heavy atom. The van der Waals surface area contributed by atoms with Crippen LogP contribution in [0.3, 0.4) is 0 Å². The van der Waals surface area contributed by atoms with Crippen LogP contribution in [0, 0.1) is 0 Å². The normalized spacial score (nSPS) is 9.95. The molecule has 0 bridgehead atoms. The number of pyridine rings is 1. The van der Waals surface area contributed by atoms with Gasteiger partial charge in [-0.3, -0.25) is 4.79 Å². The molecule has 0 unspecified atom stereocenters. The number of hydrogen-bond acceptors (Lipinski definition) is 5. The Labute approximate surface area is 110 Å². The van der Waals surface area contributed by atoms with Gasteiger partial charge in [-0.15, -0.1) is 0 Å². The second-order valence-corrected chi connectivity index (χ2v) is 3.76. The molecule has 0 aliphatic heterocycles. The summed E-state index contributed by atoms with van der Waals surface area (Å²) < 4.78 is 10.5. The van der Waals surface area contributed by atoms with Crippen LogP contribution < -0.4 is 20.9 Å². The Hall–Kier alpha value is -2.76. The van der Waals surface area contributed by atoms with Gasteiger partial charge in [0.1, 0.15) is 11.5 Å². The number of hydrogen-bond donors (Lipinski definition) is 2. The van der Waals surface area contributed by atoms with Crippen molar-refractivity contribution in [1.82, 2.24) is 4.98 Å². The molecule has 0 radical (unpaired) electrons. The molecule has 0 saturated heterocycles. The third-order valence-electron chi connectivity index (χ3n) is 2.44. The van der Waals surface area contributed by atoms with E-state index in [9.17, 15) is 4.79 Å². The van der Waals surface area contributed by atoms with Crippen LogP contribution in [0.15, 0.2) is 36.5 Å². The van der Waals surface area contributed by atoms with E-state index in [1.54, 1.807) is 24.3 Å². The van der Waals surface area contributed by atoms with Crippen LogP contribution >= 0.6 is 0 Å². The Balaban J connectivity index is 2.16. The predicted molar refractivity (Wildman–Crippen MR) is 70.2 cm³/mol. The van der Waals surface area contributed by atoms with E-state index in [0.717, 1.165) is 0 Å². The van der Waals surface area contributed by atoms with Crippen molar-refractivity contribution in [1.29, 1.82) is 0 Å². The van der Waals surface area contributed by atoms with Crippen LogP contribution in [0.25, 0.3) is 0 Å². The number of methoxy groups -OCH3 is 1. The van der Waals surface area contributed by atoms with Gasteiger partial charge in [-0.05, 0) is 18.2 Å². The Bertz CT molecular complexity index is 597. The summed E-state index contributed by atoms with van der Waals surface area (Å²) in [5.41, 5.74) is 11.7. The largest absolute Gasteiger partial charge is 0.495 e. The second-order valence-electron chi connectivity index (χ2n) is 3.76. The molecule has 0 saturated carbocycles. The number of carbonyl (C=O) groups is 1. The molecule has 0 aliphatic rings. The molecule has 19 heavy (non-hydrogen) atoms. The second kappa shape index (κ2) is 5.26. The van der Waals surface area contributed by atoms with Crippen LogP contribution in [0.1, 0.15) is 10.4 Å². The number of ether oxygens (including phenoxy) is 2. The zero-order valence-electron chi connectivity index (χ0n) is 10.3. The molecule has 6 heteroatoms. The van der Waals surface area contributed by atoms with Crippen LogP contribution in [-0.4, -0.2) is 18.0 Å². The molecule has 1 aromatic carbocycles. The minimum Gasteiger partial charge on any atom is -0.495 e. The number of nitrogens with zero attached hydrogens (tertiary/aromatic N) is 1. The number of benzene rings is 1. The molecule has 0 atom stereocenters. The van der Waals surface area contributed by atoms with Gasteiger partial charge in [-0.25, -0.2) is 4.98 Å². The van der Waals surface area contributed by atoms with E-state index >= 15 is 0 Å². The lowest BCUT2D eigenvalue weighted by molar-refractivity contribution is 0.1000. The summed E-state index contributed by atoms with van der Waals surface area (Å²) in [5.74, 6) is 0.907. The summed E-state index contributed by atoms with van der Waals surface area (Å²) in [5, 5.41) is 0. The van der Waals surface area contributed by atoms with Gasteiger partial charge >= 0.3 is 0 Å². The van der Waals surface area contributed by atoms with Gasteiger partial charge in [0.05, 0.1) is 18.4 Å². The molecule has 1 amide bonds. The molecule has 0 fully saturated rings. The standard InChI is InChI=1S/C13H13N3O3/c1-18-11-4-3-9(6-10(11)14)19-12-5-2-8(7-16-12)13(15)17/h2-7H,14H2,1H3,(H2,15,17). The van der Waals surface area contributed by atoms with E-state index in [2.05, 4.69) is 4.98 Å². The summed E-state index contributed by atoms with van der Waals surface area (Å²) in [6.45, 7) is 0. The topological polar surface area (TPSA) is 100 Å². The van der Waals surface area contributed by atoms with E-state index in [4.69, 9.17) is 20.9 Å². The predicted octanol–water partition coefficient (Wildman–Crippen LogP) is 1.56. The van der Waals surface area contributed by atoms with Crippen molar-refractivity contribution in [2.45, 2.75) is 0 Å². The van der Waals surface area contributed by atoms with Crippen molar-refractivity contribution in [2.24, 2.45) is 5.73 Å². The van der Waals surface area contributed by atoms with Crippen LogP contribution in [0.5, 0.6) is 17.4 Å². The zero-order valence-corrected chi connectivity index (χ0v) is 10.3. The fraction of sp³-hybridized carbons (Fsp3) is 0.0769. The number of primary amides is 1. The zero-order chi connectivity index (χ0) is 13.8. The number of aromatic nitrogens is 1. The monoisotopic (exact) mass is 259 g/mol. The maximum Gasteiger partial charge on any atom is 0.250 e. The highest BCUT2D eigenvalue weighted by Crippen LogP contribution is 2.28. The quantitative estimate of drug-likeness (QED) is 0.811. The average Bonchev–Trinajstić information content (AvgIpc) is 2.39. The van der Waals surface area contributed by atoms with E-state index in [0.29, 0.717) is 28.6 Å². The first-order chi connectivity index (χ1) is 9.10. The molecule has 6 nitrogen and oxygen atoms in total. The molecule has 0 aliphatic carbocycles. The van der Waals surface area contributed by atoms with E-state index in [1.165, 1.54) is 19.4 Å². The first-order valence-electron chi connectivity index (χ1n) is 5.47. The molecule has 2 rings (SSSR count). The van der Waals surface area contributed by atoms with Crippen molar-refractivity contribution in [3.63, 3.8) is 0 Å². The molecular formula is C13H13N3O3. The lowest BCUT2D eigenvalue weighted by atomic mass is 10.2. The summed E-state index contributed by atoms with van der Waals surface area (Å²) >= 11 is 0. The molecule has 2 aromatic rings. The van der Waals surface area contributed by atoms with E-state index in [1.807, 2.05) is 0 Å². The minimum absolute atomic E-state index is 0.321. The highest BCUT2D eigenvalue weighted by atomic mass is 16.5. The van der Waals surface area contributed by atoms with Crippen molar-refractivity contribution in [2.75, 3.05) is 12.8 Å². The Morgan fingerprint density at radius 1 is 1.26 bits per heavy atom. The average molecular weight is 259 g/mol. The van der Waals surface area contributed by atoms with Crippen LogP contribution in [-0.2, 0) is 0 Å². The summed E-state index contributed by atoms with van der Waals surface area (Å²) in [4.78, 5) is 14.9. The highest BCUT2D eigenvalue weighted by Gasteiger charge is 2.05. The third-order valence-corrected chi connectivity index (χ3v) is 2.44. The maximum absolute atomic E-state index is 10.9. The smallest absolute Gasteiger partial charge is 0.250 e. The van der Waals surface area contributed by atoms with Crippen molar-refractivity contribution in [3.8, 4) is 17.4 Å². The molecule has 1 heterocycles. The van der Waals surface area contributed by atoms with Gasteiger partial charge in [-0.1, -0.05) is 0 Å². The lowest BCUT2D eigenvalue weighted by Crippen LogP contribution is -2.10. The van der Waals surface area contributed by atoms with E-state index in [-0.39, 0.29) is 0 Å². The van der Waals surface area contributed by atoms with Gasteiger partial charge in [0, 0.05) is 18.3 Å². The van der Waals surface area contributed by atoms with Gasteiger partial charge in [0.15, 0.2) is 0 Å². The van der Waals surface area contributed by atoms with Crippen LogP contribution in [0.4, 0.5) is 5.69 Å². The van der Waals surface area contributed by atoms with Crippen molar-refractivity contribution >= 4 is 11.6 Å². The fourth-order valence-corrected chi connectivity index (χ4v) is 1.48. The first-order valence-corrected chi connectivity index (χ1v) is 5.47. The fourth-order valence-electron chi connectivity index (χ4n) is 1.48. The maximum atomic E-state index is 10.9. The molecular weight excluding hydrogens is 246 g/mol. The van der Waals surface area contributed by atoms with Crippen molar-refractivity contribution in [3.05, 3.63) is 42.1 Å². The summed E-state index contributed by atoms with van der Waals surface area (Å²) in [6, 6.07) is 8.13. The summed E-state index contributed by atoms with van der Waals surface area (Å²) in [7, 11) is 1.54. The number of amides is 1. The molecule has 98 valence electrons. The van der Waals surface area contributed by atoms with Gasteiger partial charge in [0.2, 0.25) is 11.8 Å². The minimum atomic E-state index is -0.534. The number of anilines is 1. The number of nitrogens with two attached hydrogens (primary N) is 2. The molecule has 4 N–H and O–H groups in total. The molecule has 1 aromatic heterocycles. The Morgan fingerprint density at radius 3 is 2.58 bits per heavy atom.